The number of carboxylic acid groups (broad SMARTS) is 1. The maximum atomic E-state index is 11.0. The first-order chi connectivity index (χ1) is 8.22. The van der Waals surface area contributed by atoms with Crippen molar-refractivity contribution in [2.45, 2.75) is 0 Å². The molecular weight excluding hydrogens is 218 g/mol. The third-order valence-corrected chi connectivity index (χ3v) is 2.40. The minimum Gasteiger partial charge on any atom is -0.477 e. The van der Waals surface area contributed by atoms with E-state index in [0.717, 1.165) is 11.1 Å². The zero-order chi connectivity index (χ0) is 12.3. The van der Waals surface area contributed by atoms with Crippen molar-refractivity contribution in [1.29, 1.82) is 0 Å². The molecule has 0 unspecified atom stereocenters. The number of nitrogens with one attached hydrogen (secondary N) is 1. The maximum Gasteiger partial charge on any atom is 0.354 e. The topological polar surface area (TPSA) is 88.2 Å². The molecule has 0 bridgehead atoms. The molecule has 1 heterocycles. The second-order valence-electron chi connectivity index (χ2n) is 3.59. The lowest BCUT2D eigenvalue weighted by Crippen LogP contribution is -2.14. The van der Waals surface area contributed by atoms with Crippen LogP contribution in [0.15, 0.2) is 30.3 Å². The Balaban J connectivity index is 2.56. The highest BCUT2D eigenvalue weighted by molar-refractivity contribution is 5.97. The number of hydrogen-bond donors (Lipinski definition) is 3. The van der Waals surface area contributed by atoms with Gasteiger partial charge in [-0.05, 0) is 12.1 Å². The van der Waals surface area contributed by atoms with Gasteiger partial charge < -0.3 is 16.2 Å². The van der Waals surface area contributed by atoms with Gasteiger partial charge in [0.15, 0.2) is 5.69 Å². The number of aromatic carboxylic acids is 1. The number of hydrogen-bond acceptors (Lipinski definition) is 4. The fourth-order valence-corrected chi connectivity index (χ4v) is 1.64. The van der Waals surface area contributed by atoms with Gasteiger partial charge in [0, 0.05) is 24.2 Å². The molecule has 0 saturated carbocycles. The van der Waals surface area contributed by atoms with E-state index in [-0.39, 0.29) is 5.69 Å². The molecule has 0 amide bonds. The van der Waals surface area contributed by atoms with E-state index >= 15 is 0 Å². The maximum absolute atomic E-state index is 11.0. The summed E-state index contributed by atoms with van der Waals surface area (Å²) in [5.41, 5.74) is 6.86. The smallest absolute Gasteiger partial charge is 0.354 e. The number of nitrogens with zero attached hydrogens (tertiary/aromatic N) is 1. The van der Waals surface area contributed by atoms with Gasteiger partial charge in [0.05, 0.1) is 5.52 Å². The van der Waals surface area contributed by atoms with E-state index in [4.69, 9.17) is 10.8 Å². The monoisotopic (exact) mass is 231 g/mol. The average Bonchev–Trinajstić information content (AvgIpc) is 2.35. The van der Waals surface area contributed by atoms with Crippen molar-refractivity contribution in [3.63, 3.8) is 0 Å². The second kappa shape index (κ2) is 4.80. The summed E-state index contributed by atoms with van der Waals surface area (Å²) in [4.78, 5) is 15.0. The number of fused-ring (bicyclic) bond motifs is 1. The van der Waals surface area contributed by atoms with Gasteiger partial charge >= 0.3 is 5.97 Å². The lowest BCUT2D eigenvalue weighted by atomic mass is 10.1. The molecule has 1 aromatic carbocycles. The summed E-state index contributed by atoms with van der Waals surface area (Å²) in [6.45, 7) is 1.08. The third kappa shape index (κ3) is 2.34. The first kappa shape index (κ1) is 11.3. The molecule has 17 heavy (non-hydrogen) atoms. The lowest BCUT2D eigenvalue weighted by Gasteiger charge is -2.09. The predicted molar refractivity (Wildman–Crippen MR) is 66.2 cm³/mol. The van der Waals surface area contributed by atoms with Crippen molar-refractivity contribution in [2.75, 3.05) is 18.4 Å². The molecule has 0 fully saturated rings. The largest absolute Gasteiger partial charge is 0.477 e. The Morgan fingerprint density at radius 1 is 1.41 bits per heavy atom. The highest BCUT2D eigenvalue weighted by Crippen LogP contribution is 2.22. The van der Waals surface area contributed by atoms with Gasteiger partial charge in [0.1, 0.15) is 0 Å². The first-order valence-corrected chi connectivity index (χ1v) is 5.29. The number of para-hydroxylation sites is 1. The van der Waals surface area contributed by atoms with Gasteiger partial charge in [0.2, 0.25) is 0 Å². The van der Waals surface area contributed by atoms with Crippen molar-refractivity contribution in [3.05, 3.63) is 36.0 Å². The molecule has 0 aliphatic carbocycles. The fraction of sp³-hybridized carbons (Fsp3) is 0.167. The molecule has 0 aliphatic rings. The van der Waals surface area contributed by atoms with Gasteiger partial charge in [-0.3, -0.25) is 0 Å². The van der Waals surface area contributed by atoms with Gasteiger partial charge in [-0.25, -0.2) is 9.78 Å². The number of rotatable bonds is 4. The Morgan fingerprint density at radius 3 is 2.88 bits per heavy atom. The molecule has 5 nitrogen and oxygen atoms in total. The van der Waals surface area contributed by atoms with Crippen LogP contribution in [0.2, 0.25) is 0 Å². The Morgan fingerprint density at radius 2 is 2.18 bits per heavy atom. The van der Waals surface area contributed by atoms with E-state index < -0.39 is 5.97 Å². The second-order valence-corrected chi connectivity index (χ2v) is 3.59. The number of aromatic nitrogens is 1. The van der Waals surface area contributed by atoms with Crippen LogP contribution in [-0.4, -0.2) is 29.1 Å². The van der Waals surface area contributed by atoms with Crippen molar-refractivity contribution in [1.82, 2.24) is 4.98 Å². The van der Waals surface area contributed by atoms with Crippen molar-refractivity contribution < 1.29 is 9.90 Å². The van der Waals surface area contributed by atoms with Gasteiger partial charge in [0.25, 0.3) is 0 Å². The van der Waals surface area contributed by atoms with Crippen LogP contribution in [-0.2, 0) is 0 Å². The Hall–Kier alpha value is -2.14. The van der Waals surface area contributed by atoms with Crippen LogP contribution in [0.1, 0.15) is 10.5 Å². The average molecular weight is 231 g/mol. The molecule has 2 rings (SSSR count). The van der Waals surface area contributed by atoms with Crippen LogP contribution in [0.4, 0.5) is 5.69 Å². The van der Waals surface area contributed by atoms with Crippen LogP contribution in [0.25, 0.3) is 10.9 Å². The molecular formula is C12H13N3O2. The summed E-state index contributed by atoms with van der Waals surface area (Å²) in [7, 11) is 0. The molecule has 0 spiro atoms. The first-order valence-electron chi connectivity index (χ1n) is 5.29. The summed E-state index contributed by atoms with van der Waals surface area (Å²) in [6, 6.07) is 8.92. The zero-order valence-corrected chi connectivity index (χ0v) is 9.18. The Kier molecular flexibility index (Phi) is 3.20. The molecule has 0 saturated heterocycles. The molecule has 2 aromatic rings. The van der Waals surface area contributed by atoms with E-state index in [1.54, 1.807) is 6.07 Å². The molecule has 0 aliphatic heterocycles. The van der Waals surface area contributed by atoms with Crippen LogP contribution in [0, 0.1) is 0 Å². The van der Waals surface area contributed by atoms with Crippen molar-refractivity contribution >= 4 is 22.6 Å². The highest BCUT2D eigenvalue weighted by atomic mass is 16.4. The number of benzene rings is 1. The van der Waals surface area contributed by atoms with E-state index in [2.05, 4.69) is 10.3 Å². The van der Waals surface area contributed by atoms with Crippen LogP contribution < -0.4 is 11.1 Å². The lowest BCUT2D eigenvalue weighted by molar-refractivity contribution is 0.0691. The summed E-state index contributed by atoms with van der Waals surface area (Å²) in [6.07, 6.45) is 0. The van der Waals surface area contributed by atoms with E-state index in [0.29, 0.717) is 18.6 Å². The SMILES string of the molecule is NCCNc1cc(C(=O)O)nc2ccccc12. The minimum absolute atomic E-state index is 0.0308. The highest BCUT2D eigenvalue weighted by Gasteiger charge is 2.09. The number of carboxylic acids is 1. The van der Waals surface area contributed by atoms with Crippen LogP contribution >= 0.6 is 0 Å². The molecule has 4 N–H and O–H groups in total. The predicted octanol–water partition coefficient (Wildman–Crippen LogP) is 1.30. The summed E-state index contributed by atoms with van der Waals surface area (Å²) in [5, 5.41) is 13.0. The Labute approximate surface area is 98.3 Å². The normalized spacial score (nSPS) is 10.4. The molecule has 0 radical (unpaired) electrons. The standard InChI is InChI=1S/C12H13N3O2/c13-5-6-14-10-7-11(12(16)17)15-9-4-2-1-3-8(9)10/h1-4,7H,5-6,13H2,(H,14,15)(H,16,17). The summed E-state index contributed by atoms with van der Waals surface area (Å²) < 4.78 is 0. The van der Waals surface area contributed by atoms with Gasteiger partial charge in [-0.2, -0.15) is 0 Å². The quantitative estimate of drug-likeness (QED) is 0.738. The molecule has 5 heteroatoms. The Bertz CT molecular complexity index is 554. The van der Waals surface area contributed by atoms with Crippen LogP contribution in [0.3, 0.4) is 0 Å². The van der Waals surface area contributed by atoms with E-state index in [1.165, 1.54) is 6.07 Å². The number of anilines is 1. The summed E-state index contributed by atoms with van der Waals surface area (Å²) in [5.74, 6) is -1.04. The third-order valence-electron chi connectivity index (χ3n) is 2.40. The van der Waals surface area contributed by atoms with Crippen LogP contribution in [0.5, 0.6) is 0 Å². The molecule has 88 valence electrons. The summed E-state index contributed by atoms with van der Waals surface area (Å²) >= 11 is 0. The van der Waals surface area contributed by atoms with E-state index in [9.17, 15) is 4.79 Å². The molecule has 1 aromatic heterocycles. The van der Waals surface area contributed by atoms with Gasteiger partial charge in [-0.15, -0.1) is 0 Å². The van der Waals surface area contributed by atoms with Crippen molar-refractivity contribution in [2.24, 2.45) is 5.73 Å². The minimum atomic E-state index is -1.04. The van der Waals surface area contributed by atoms with Gasteiger partial charge in [-0.1, -0.05) is 18.2 Å². The zero-order valence-electron chi connectivity index (χ0n) is 9.18. The number of nitrogens with two attached hydrogens (primary N) is 1. The number of carbonyl (C=O) groups is 1. The van der Waals surface area contributed by atoms with Crippen molar-refractivity contribution in [3.8, 4) is 0 Å². The molecule has 0 atom stereocenters. The van der Waals surface area contributed by atoms with E-state index in [1.807, 2.05) is 18.2 Å². The number of pyridine rings is 1. The fourth-order valence-electron chi connectivity index (χ4n) is 1.64.